The summed E-state index contributed by atoms with van der Waals surface area (Å²) in [6, 6.07) is 8.48. The summed E-state index contributed by atoms with van der Waals surface area (Å²) >= 11 is 0. The number of aliphatic hydroxyl groups excluding tert-OH is 4. The number of fused-ring (bicyclic) bond motifs is 8. The van der Waals surface area contributed by atoms with Crippen LogP contribution >= 0.6 is 0 Å². The molecule has 3 aromatic heterocycles. The fourth-order valence-electron chi connectivity index (χ4n) is 9.55. The van der Waals surface area contributed by atoms with Crippen LogP contribution in [0.5, 0.6) is 0 Å². The van der Waals surface area contributed by atoms with E-state index < -0.39 is 0 Å². The Morgan fingerprint density at radius 3 is 0.833 bits per heavy atom. The van der Waals surface area contributed by atoms with E-state index in [2.05, 4.69) is 127 Å². The molecule has 378 valence electrons. The third-order valence-corrected chi connectivity index (χ3v) is 13.4. The standard InChI is InChI=1S/C56H66N8O8/c1-37(69-33-29-65)61-21-13-41(14-22-61)53-45-5-7-47(57-45)54(42-15-23-62(24-16-42)38(2)70-34-30-66)49-9-11-51(59-49)56(44-19-27-64(28-20-44)40(4)72-36-32-68)52-12-10-50(60-52)55(48-8-6-46(53)58-48)43-17-25-63(26-18-43)39(3)71-35-31-67/h5-21,23,25,27,37-40,57,60,65-68H,22,24,26,28-36H2,1-4H3. The van der Waals surface area contributed by atoms with Gasteiger partial charge in [0.25, 0.3) is 0 Å². The minimum Gasteiger partial charge on any atom is -0.394 e. The molecule has 0 saturated carbocycles. The highest BCUT2D eigenvalue weighted by Crippen LogP contribution is 2.37. The van der Waals surface area contributed by atoms with Crippen LogP contribution in [0.2, 0.25) is 0 Å². The number of allylic oxidation sites excluding steroid dienone is 8. The Morgan fingerprint density at radius 1 is 0.403 bits per heavy atom. The van der Waals surface area contributed by atoms with Gasteiger partial charge in [0.05, 0.1) is 75.6 Å². The lowest BCUT2D eigenvalue weighted by atomic mass is 10.0. The minimum absolute atomic E-state index is 0.0484. The van der Waals surface area contributed by atoms with Crippen molar-refractivity contribution in [1.82, 2.24) is 39.5 Å². The van der Waals surface area contributed by atoms with Crippen LogP contribution < -0.4 is 0 Å². The summed E-state index contributed by atoms with van der Waals surface area (Å²) in [7, 11) is 0. The molecule has 9 heterocycles. The van der Waals surface area contributed by atoms with E-state index in [1.165, 1.54) is 0 Å². The molecular weight excluding hydrogens is 913 g/mol. The summed E-state index contributed by atoms with van der Waals surface area (Å²) < 4.78 is 23.5. The van der Waals surface area contributed by atoms with Crippen molar-refractivity contribution in [2.45, 2.75) is 52.6 Å². The highest BCUT2D eigenvalue weighted by Gasteiger charge is 2.24. The van der Waals surface area contributed by atoms with Crippen LogP contribution in [0.3, 0.4) is 0 Å². The zero-order chi connectivity index (χ0) is 50.1. The van der Waals surface area contributed by atoms with Crippen molar-refractivity contribution in [3.63, 3.8) is 0 Å². The van der Waals surface area contributed by atoms with Gasteiger partial charge in [-0.25, -0.2) is 9.97 Å². The van der Waals surface area contributed by atoms with Crippen molar-refractivity contribution in [1.29, 1.82) is 0 Å². The van der Waals surface area contributed by atoms with Gasteiger partial charge in [-0.05, 0) is 123 Å². The lowest BCUT2D eigenvalue weighted by Gasteiger charge is -2.29. The van der Waals surface area contributed by atoms with Crippen molar-refractivity contribution in [2.75, 3.05) is 79.0 Å². The van der Waals surface area contributed by atoms with Gasteiger partial charge in [-0.2, -0.15) is 0 Å². The zero-order valence-corrected chi connectivity index (χ0v) is 41.4. The molecule has 16 nitrogen and oxygen atoms in total. The van der Waals surface area contributed by atoms with Gasteiger partial charge in [0, 0.05) is 95.3 Å². The van der Waals surface area contributed by atoms with Gasteiger partial charge in [-0.3, -0.25) is 0 Å². The van der Waals surface area contributed by atoms with Crippen molar-refractivity contribution in [3.05, 3.63) is 143 Å². The second-order valence-corrected chi connectivity index (χ2v) is 18.0. The van der Waals surface area contributed by atoms with Crippen LogP contribution in [0, 0.1) is 0 Å². The van der Waals surface area contributed by atoms with E-state index in [4.69, 9.17) is 28.9 Å². The molecule has 4 atom stereocenters. The van der Waals surface area contributed by atoms with Gasteiger partial charge in [-0.15, -0.1) is 0 Å². The lowest BCUT2D eigenvalue weighted by molar-refractivity contribution is -0.0331. The molecule has 16 heteroatoms. The van der Waals surface area contributed by atoms with E-state index in [1.807, 2.05) is 52.5 Å². The van der Waals surface area contributed by atoms with Gasteiger partial charge in [-0.1, -0.05) is 24.3 Å². The molecule has 0 fully saturated rings. The second-order valence-electron chi connectivity index (χ2n) is 18.0. The van der Waals surface area contributed by atoms with Crippen LogP contribution in [0.4, 0.5) is 0 Å². The van der Waals surface area contributed by atoms with Crippen LogP contribution in [0.25, 0.3) is 68.7 Å². The van der Waals surface area contributed by atoms with Gasteiger partial charge in [0.15, 0.2) is 0 Å². The quantitative estimate of drug-likeness (QED) is 0.0472. The summed E-state index contributed by atoms with van der Waals surface area (Å²) in [6.45, 7) is 11.1. The lowest BCUT2D eigenvalue weighted by Crippen LogP contribution is -2.32. The number of nitrogens with one attached hydrogen (secondary N) is 2. The Bertz CT molecular complexity index is 2570. The number of aromatic nitrogens is 4. The number of aliphatic hydroxyl groups is 4. The molecule has 0 amide bonds. The molecule has 0 saturated heterocycles. The second kappa shape index (κ2) is 23.3. The highest BCUT2D eigenvalue weighted by molar-refractivity contribution is 5.99. The van der Waals surface area contributed by atoms with Crippen molar-refractivity contribution in [2.24, 2.45) is 0 Å². The normalized spacial score (nSPS) is 18.1. The van der Waals surface area contributed by atoms with Crippen LogP contribution in [0.1, 0.15) is 72.7 Å². The van der Waals surface area contributed by atoms with E-state index >= 15 is 0 Å². The van der Waals surface area contributed by atoms with Gasteiger partial charge >= 0.3 is 0 Å². The van der Waals surface area contributed by atoms with Crippen molar-refractivity contribution < 1.29 is 39.4 Å². The smallest absolute Gasteiger partial charge is 0.127 e. The maximum atomic E-state index is 9.44. The summed E-state index contributed by atoms with van der Waals surface area (Å²) in [5.41, 5.74) is 14.4. The third kappa shape index (κ3) is 11.1. The molecule has 6 N–H and O–H groups in total. The number of H-pyrrole nitrogens is 2. The molecular formula is C56H66N8O8. The number of rotatable bonds is 20. The average molecular weight is 979 g/mol. The van der Waals surface area contributed by atoms with Crippen LogP contribution in [-0.2, 0) is 18.9 Å². The maximum Gasteiger partial charge on any atom is 0.127 e. The summed E-state index contributed by atoms with van der Waals surface area (Å²) in [6.07, 6.45) is 32.7. The topological polar surface area (TPSA) is 188 Å². The SMILES string of the molecule is CC(OCCO)N1C=CC(c2c3nc(c(C4=CCN(C(C)OCCO)C=C4)c4ccc([nH]4)c(C4=CCN(C(C)OCCO)C=C4)c4nc(c(C5=CCN(C(C)OCCO)C=C5)c5ccc2[nH]5)C=C4)C=C3)=CC1. The number of ether oxygens (including phenoxy) is 4. The van der Waals surface area contributed by atoms with Crippen LogP contribution in [0.15, 0.2) is 97.7 Å². The highest BCUT2D eigenvalue weighted by atomic mass is 16.5. The van der Waals surface area contributed by atoms with Gasteiger partial charge in [0.2, 0.25) is 0 Å². The fraction of sp³-hybridized carbons (Fsp3) is 0.357. The molecule has 6 aliphatic rings. The van der Waals surface area contributed by atoms with Crippen LogP contribution in [-0.4, -0.2) is 164 Å². The Kier molecular flexibility index (Phi) is 16.3. The van der Waals surface area contributed by atoms with E-state index in [0.717, 1.165) is 89.4 Å². The van der Waals surface area contributed by atoms with E-state index in [0.29, 0.717) is 26.2 Å². The molecule has 0 radical (unpaired) electrons. The summed E-state index contributed by atoms with van der Waals surface area (Å²) in [5, 5.41) is 37.8. The monoisotopic (exact) mass is 979 g/mol. The van der Waals surface area contributed by atoms with E-state index in [1.54, 1.807) is 0 Å². The molecule has 0 spiro atoms. The molecule has 0 aliphatic carbocycles. The van der Waals surface area contributed by atoms with Crippen molar-refractivity contribution in [3.8, 4) is 0 Å². The summed E-state index contributed by atoms with van der Waals surface area (Å²) in [4.78, 5) is 27.1. The number of aromatic amines is 2. The predicted molar refractivity (Wildman–Crippen MR) is 284 cm³/mol. The third-order valence-electron chi connectivity index (χ3n) is 13.4. The van der Waals surface area contributed by atoms with Gasteiger partial charge in [0.1, 0.15) is 24.9 Å². The van der Waals surface area contributed by atoms with Gasteiger partial charge < -0.3 is 68.9 Å². The average Bonchev–Trinajstić information content (AvgIpc) is 4.28. The van der Waals surface area contributed by atoms with E-state index in [-0.39, 0.29) is 77.8 Å². The predicted octanol–water partition coefficient (Wildman–Crippen LogP) is 6.93. The van der Waals surface area contributed by atoms with Crippen molar-refractivity contribution >= 4 is 68.7 Å². The zero-order valence-electron chi connectivity index (χ0n) is 41.4. The molecule has 0 aromatic carbocycles. The Morgan fingerprint density at radius 2 is 0.639 bits per heavy atom. The minimum atomic E-state index is -0.233. The van der Waals surface area contributed by atoms with E-state index in [9.17, 15) is 20.4 Å². The number of hydrogen-bond donors (Lipinski definition) is 6. The largest absolute Gasteiger partial charge is 0.394 e. The molecule has 3 aromatic rings. The number of hydrogen-bond acceptors (Lipinski definition) is 14. The number of nitrogens with zero attached hydrogens (tertiary/aromatic N) is 6. The molecule has 72 heavy (non-hydrogen) atoms. The Labute approximate surface area is 420 Å². The fourth-order valence-corrected chi connectivity index (χ4v) is 9.55. The molecule has 4 unspecified atom stereocenters. The maximum absolute atomic E-state index is 9.44. The first-order chi connectivity index (χ1) is 35.2. The summed E-state index contributed by atoms with van der Waals surface area (Å²) in [5.74, 6) is 0. The Balaban J connectivity index is 1.27. The molecule has 6 aliphatic heterocycles. The first-order valence-corrected chi connectivity index (χ1v) is 24.8. The molecule has 9 rings (SSSR count). The first kappa shape index (κ1) is 50.3. The molecule has 8 bridgehead atoms. The first-order valence-electron chi connectivity index (χ1n) is 24.8. The Hall–Kier alpha value is -6.60.